The van der Waals surface area contributed by atoms with Crippen molar-refractivity contribution in [1.82, 2.24) is 0 Å². The monoisotopic (exact) mass is 690 g/mol. The van der Waals surface area contributed by atoms with Gasteiger partial charge in [0, 0.05) is 0 Å². The minimum absolute atomic E-state index is 0. The van der Waals surface area contributed by atoms with E-state index >= 15 is 0 Å². The summed E-state index contributed by atoms with van der Waals surface area (Å²) in [7, 11) is 0. The summed E-state index contributed by atoms with van der Waals surface area (Å²) in [5, 5.41) is 0. The maximum Gasteiger partial charge on any atom is -1.00 e. The molecular formula is C41H38Cl2Zr. The topological polar surface area (TPSA) is 0 Å². The summed E-state index contributed by atoms with van der Waals surface area (Å²) in [5.41, 5.74) is 11.1. The van der Waals surface area contributed by atoms with Gasteiger partial charge in [-0.1, -0.05) is 0 Å². The van der Waals surface area contributed by atoms with Crippen LogP contribution in [0.4, 0.5) is 0 Å². The molecule has 4 bridgehead atoms. The Kier molecular flexibility index (Phi) is 8.37. The number of hydrogen-bond acceptors (Lipinski definition) is 0. The Bertz CT molecular complexity index is 1720. The standard InChI is InChI=1S/C15H19.C13H9.C13H10.2ClH.Zr/c1-2-4-14(3-1)15-8-11-5-12(9-15)7-13(6-11)10-15;1-3-7-12-10(5-1)9-11-6-2-4-8-13(11)12;1-3-7-12(8-4-1)11-13-9-5-2-6-10-13;;;/h3-4,11-13H,1,5-10H2;1-5,7-8H,9H2;1-10H;2*1H;/q;;;;;+2/p-2. The fraction of sp³-hybridized carbons (Fsp3) is 0.293. The molecule has 220 valence electrons. The van der Waals surface area contributed by atoms with Gasteiger partial charge in [-0.25, -0.2) is 0 Å². The number of hydrogen-bond donors (Lipinski definition) is 0. The second-order valence-electron chi connectivity index (χ2n) is 13.9. The molecule has 0 saturated heterocycles. The average Bonchev–Trinajstić information content (AvgIpc) is 3.66. The van der Waals surface area contributed by atoms with Gasteiger partial charge in [-0.3, -0.25) is 0 Å². The fourth-order valence-corrected chi connectivity index (χ4v) is 18.0. The minimum atomic E-state index is -2.64. The Labute approximate surface area is 282 Å². The van der Waals surface area contributed by atoms with Crippen molar-refractivity contribution in [2.45, 2.75) is 51.4 Å². The van der Waals surface area contributed by atoms with Crippen LogP contribution in [0, 0.1) is 23.2 Å². The molecule has 0 unspecified atom stereocenters. The van der Waals surface area contributed by atoms with Crippen molar-refractivity contribution >= 4 is 6.48 Å². The van der Waals surface area contributed by atoms with Gasteiger partial charge in [-0.15, -0.1) is 0 Å². The molecule has 0 atom stereocenters. The summed E-state index contributed by atoms with van der Waals surface area (Å²) in [4.78, 5) is 0. The summed E-state index contributed by atoms with van der Waals surface area (Å²) in [5.74, 6) is 2.96. The average molecular weight is 693 g/mol. The molecule has 10 rings (SSSR count). The van der Waals surface area contributed by atoms with Gasteiger partial charge in [-0.05, 0) is 0 Å². The van der Waals surface area contributed by atoms with E-state index in [1.165, 1.54) is 66.3 Å². The van der Waals surface area contributed by atoms with E-state index in [0.717, 1.165) is 30.6 Å². The summed E-state index contributed by atoms with van der Waals surface area (Å²) < 4.78 is 5.13. The van der Waals surface area contributed by atoms with Crippen molar-refractivity contribution in [2.24, 2.45) is 23.2 Å². The van der Waals surface area contributed by atoms with E-state index in [4.69, 9.17) is 0 Å². The van der Waals surface area contributed by atoms with Crippen LogP contribution in [0.1, 0.15) is 67.2 Å². The van der Waals surface area contributed by atoms with Gasteiger partial charge >= 0.3 is 260 Å². The van der Waals surface area contributed by atoms with Crippen molar-refractivity contribution < 1.29 is 46.1 Å². The molecule has 0 radical (unpaired) electrons. The molecule has 6 aliphatic rings. The molecule has 0 nitrogen and oxygen atoms in total. The largest absolute Gasteiger partial charge is 1.00 e. The van der Waals surface area contributed by atoms with E-state index in [0.29, 0.717) is 5.41 Å². The molecule has 0 aromatic heterocycles. The molecule has 0 aliphatic heterocycles. The number of allylic oxidation sites excluding steroid dienone is 4. The van der Waals surface area contributed by atoms with Crippen molar-refractivity contribution in [3.63, 3.8) is 0 Å². The van der Waals surface area contributed by atoms with Gasteiger partial charge in [-0.2, -0.15) is 0 Å². The molecule has 0 spiro atoms. The first-order valence-electron chi connectivity index (χ1n) is 16.2. The van der Waals surface area contributed by atoms with Crippen LogP contribution < -0.4 is 28.1 Å². The van der Waals surface area contributed by atoms with Crippen LogP contribution in [0.2, 0.25) is 0 Å². The minimum Gasteiger partial charge on any atom is -1.00 e. The SMILES string of the molecule is C1=[C]([Zr+2](=[C](c2ccccc2)c2ccccc2)[c]2cccc3c2Cc2ccccc2-3)CC=C1C12CC3CC(CC(C3)C1)C2.[Cl-].[Cl-]. The zero-order valence-corrected chi connectivity index (χ0v) is 29.1. The summed E-state index contributed by atoms with van der Waals surface area (Å²) in [6, 6.07) is 39.3. The predicted molar refractivity (Wildman–Crippen MR) is 172 cm³/mol. The zero-order valence-electron chi connectivity index (χ0n) is 25.1. The number of rotatable bonds is 5. The Morgan fingerprint density at radius 3 is 1.82 bits per heavy atom. The van der Waals surface area contributed by atoms with Gasteiger partial charge in [0.2, 0.25) is 0 Å². The van der Waals surface area contributed by atoms with Gasteiger partial charge < -0.3 is 24.8 Å². The smallest absolute Gasteiger partial charge is 1.00 e. The first-order valence-corrected chi connectivity index (χ1v) is 19.9. The third-order valence-electron chi connectivity index (χ3n) is 11.3. The third kappa shape index (κ3) is 5.03. The van der Waals surface area contributed by atoms with Crippen LogP contribution in [-0.2, 0) is 27.7 Å². The summed E-state index contributed by atoms with van der Waals surface area (Å²) in [6.45, 7) is 0. The van der Waals surface area contributed by atoms with Crippen molar-refractivity contribution in [2.75, 3.05) is 0 Å². The van der Waals surface area contributed by atoms with Gasteiger partial charge in [0.25, 0.3) is 0 Å². The number of fused-ring (bicyclic) bond motifs is 3. The van der Waals surface area contributed by atoms with Crippen molar-refractivity contribution in [3.8, 4) is 11.1 Å². The van der Waals surface area contributed by atoms with Crippen LogP contribution in [0.5, 0.6) is 0 Å². The number of halogens is 2. The zero-order chi connectivity index (χ0) is 27.7. The molecule has 6 aliphatic carbocycles. The molecule has 0 N–H and O–H groups in total. The van der Waals surface area contributed by atoms with E-state index in [2.05, 4.69) is 115 Å². The molecule has 4 fully saturated rings. The molecule has 0 heterocycles. The van der Waals surface area contributed by atoms with Crippen LogP contribution in [-0.4, -0.2) is 3.21 Å². The predicted octanol–water partition coefficient (Wildman–Crippen LogP) is 3.21. The van der Waals surface area contributed by atoms with Crippen LogP contribution in [0.25, 0.3) is 11.1 Å². The summed E-state index contributed by atoms with van der Waals surface area (Å²) in [6.07, 6.45) is 16.7. The van der Waals surface area contributed by atoms with Crippen LogP contribution >= 0.6 is 0 Å². The Balaban J connectivity index is 0.00000156. The Morgan fingerprint density at radius 2 is 1.18 bits per heavy atom. The Hall–Kier alpha value is -2.31. The summed E-state index contributed by atoms with van der Waals surface area (Å²) >= 11 is -2.64. The molecule has 44 heavy (non-hydrogen) atoms. The number of benzene rings is 4. The van der Waals surface area contributed by atoms with Crippen LogP contribution in [0.15, 0.2) is 124 Å². The normalized spacial score (nSPS) is 25.0. The first kappa shape index (κ1) is 30.4. The maximum atomic E-state index is 2.80. The quantitative estimate of drug-likeness (QED) is 0.266. The van der Waals surface area contributed by atoms with Crippen LogP contribution in [0.3, 0.4) is 0 Å². The van der Waals surface area contributed by atoms with Crippen molar-refractivity contribution in [3.05, 3.63) is 146 Å². The molecule has 3 heteroatoms. The Morgan fingerprint density at radius 1 is 0.614 bits per heavy atom. The molecule has 4 saturated carbocycles. The third-order valence-corrected chi connectivity index (χ3v) is 18.9. The molecule has 4 aromatic rings. The molecule has 0 amide bonds. The van der Waals surface area contributed by atoms with E-state index < -0.39 is 21.3 Å². The maximum absolute atomic E-state index is 2.80. The second kappa shape index (κ2) is 12.1. The van der Waals surface area contributed by atoms with Crippen molar-refractivity contribution in [1.29, 1.82) is 0 Å². The van der Waals surface area contributed by atoms with E-state index in [1.54, 1.807) is 20.9 Å². The van der Waals surface area contributed by atoms with E-state index in [-0.39, 0.29) is 24.8 Å². The first-order chi connectivity index (χ1) is 20.7. The fourth-order valence-electron chi connectivity index (χ4n) is 10.1. The van der Waals surface area contributed by atoms with E-state index in [1.807, 2.05) is 0 Å². The second-order valence-corrected chi connectivity index (χ2v) is 19.9. The van der Waals surface area contributed by atoms with E-state index in [9.17, 15) is 0 Å². The van der Waals surface area contributed by atoms with Gasteiger partial charge in [0.1, 0.15) is 0 Å². The van der Waals surface area contributed by atoms with Gasteiger partial charge in [0.15, 0.2) is 0 Å². The molecular weight excluding hydrogens is 655 g/mol. The van der Waals surface area contributed by atoms with Gasteiger partial charge in [0.05, 0.1) is 0 Å². The molecule has 4 aromatic carbocycles.